The zero-order valence-corrected chi connectivity index (χ0v) is 14.7. The maximum atomic E-state index is 13.2. The van der Waals surface area contributed by atoms with Crippen LogP contribution >= 0.6 is 0 Å². The lowest BCUT2D eigenvalue weighted by atomic mass is 9.81. The van der Waals surface area contributed by atoms with Crippen LogP contribution in [0.5, 0.6) is 23.0 Å². The second-order valence-corrected chi connectivity index (χ2v) is 6.76. The highest BCUT2D eigenvalue weighted by molar-refractivity contribution is 6.31. The first-order valence-corrected chi connectivity index (χ1v) is 8.67. The summed E-state index contributed by atoms with van der Waals surface area (Å²) in [6.45, 7) is 1.64. The highest BCUT2D eigenvalue weighted by Gasteiger charge is 2.41. The molecule has 138 valence electrons. The van der Waals surface area contributed by atoms with E-state index in [4.69, 9.17) is 9.47 Å². The third-order valence-corrected chi connectivity index (χ3v) is 5.06. The number of aromatic hydroxyl groups is 2. The predicted octanol–water partition coefficient (Wildman–Crippen LogP) is 3.65. The van der Waals surface area contributed by atoms with E-state index < -0.39 is 17.9 Å². The lowest BCUT2D eigenvalue weighted by molar-refractivity contribution is 0.0481. The molecule has 0 saturated carbocycles. The quantitative estimate of drug-likeness (QED) is 0.528. The number of benzene rings is 3. The number of carbonyl (C=O) groups excluding carboxylic acids is 2. The molecule has 6 heteroatoms. The van der Waals surface area contributed by atoms with E-state index in [1.54, 1.807) is 25.1 Å². The van der Waals surface area contributed by atoms with Gasteiger partial charge in [0.15, 0.2) is 17.3 Å². The molecule has 3 aromatic rings. The molecule has 1 atom stereocenters. The second kappa shape index (κ2) is 5.60. The van der Waals surface area contributed by atoms with Crippen LogP contribution in [-0.2, 0) is 0 Å². The monoisotopic (exact) mass is 374 g/mol. The van der Waals surface area contributed by atoms with Gasteiger partial charge in [0.2, 0.25) is 5.78 Å². The van der Waals surface area contributed by atoms with Crippen LogP contribution < -0.4 is 9.47 Å². The van der Waals surface area contributed by atoms with Gasteiger partial charge in [-0.05, 0) is 18.6 Å². The molecule has 1 heterocycles. The summed E-state index contributed by atoms with van der Waals surface area (Å²) in [5, 5.41) is 20.8. The number of rotatable bonds is 1. The molecule has 6 nitrogen and oxygen atoms in total. The smallest absolute Gasteiger partial charge is 0.268 e. The van der Waals surface area contributed by atoms with Gasteiger partial charge in [-0.2, -0.15) is 0 Å². The van der Waals surface area contributed by atoms with Crippen LogP contribution in [0.25, 0.3) is 0 Å². The van der Waals surface area contributed by atoms with Crippen molar-refractivity contribution in [1.29, 1.82) is 0 Å². The van der Waals surface area contributed by atoms with Crippen molar-refractivity contribution in [3.8, 4) is 23.0 Å². The van der Waals surface area contributed by atoms with E-state index in [1.807, 2.05) is 18.2 Å². The average Bonchev–Trinajstić information content (AvgIpc) is 3.11. The summed E-state index contributed by atoms with van der Waals surface area (Å²) in [6, 6.07) is 13.4. The summed E-state index contributed by atoms with van der Waals surface area (Å²) in [5.74, 6) is -1.50. The highest BCUT2D eigenvalue weighted by atomic mass is 16.7. The largest absolute Gasteiger partial charge is 0.507 e. The number of ether oxygens (including phenoxy) is 2. The average molecular weight is 374 g/mol. The van der Waals surface area contributed by atoms with Crippen molar-refractivity contribution in [1.82, 2.24) is 0 Å². The number of hydrogen-bond acceptors (Lipinski definition) is 6. The van der Waals surface area contributed by atoms with E-state index in [0.29, 0.717) is 5.56 Å². The summed E-state index contributed by atoms with van der Waals surface area (Å²) in [6.07, 6.45) is -0.808. The van der Waals surface area contributed by atoms with Crippen LogP contribution in [-0.4, -0.2) is 21.8 Å². The van der Waals surface area contributed by atoms with Gasteiger partial charge < -0.3 is 19.7 Å². The highest BCUT2D eigenvalue weighted by Crippen LogP contribution is 2.50. The van der Waals surface area contributed by atoms with E-state index in [-0.39, 0.29) is 45.3 Å². The van der Waals surface area contributed by atoms with E-state index in [1.165, 1.54) is 12.1 Å². The Hall–Kier alpha value is -3.80. The van der Waals surface area contributed by atoms with Gasteiger partial charge in [0.25, 0.3) is 6.29 Å². The van der Waals surface area contributed by atoms with Crippen LogP contribution in [0.3, 0.4) is 0 Å². The molecule has 1 aliphatic heterocycles. The lowest BCUT2D eigenvalue weighted by Gasteiger charge is -2.21. The molecule has 0 aromatic heterocycles. The third kappa shape index (κ3) is 2.08. The molecular weight excluding hydrogens is 360 g/mol. The molecule has 0 bridgehead atoms. The first kappa shape index (κ1) is 16.4. The number of phenolic OH excluding ortho intramolecular Hbond substituents is 2. The van der Waals surface area contributed by atoms with E-state index in [9.17, 15) is 19.8 Å². The number of phenols is 2. The Morgan fingerprint density at radius 3 is 2.36 bits per heavy atom. The van der Waals surface area contributed by atoms with Crippen molar-refractivity contribution in [2.75, 3.05) is 0 Å². The summed E-state index contributed by atoms with van der Waals surface area (Å²) in [5.41, 5.74) is 0.926. The summed E-state index contributed by atoms with van der Waals surface area (Å²) in [4.78, 5) is 26.2. The van der Waals surface area contributed by atoms with Crippen LogP contribution in [0.15, 0.2) is 48.5 Å². The van der Waals surface area contributed by atoms with Crippen molar-refractivity contribution in [3.63, 3.8) is 0 Å². The number of hydrogen-bond donors (Lipinski definition) is 2. The fourth-order valence-electron chi connectivity index (χ4n) is 3.64. The van der Waals surface area contributed by atoms with Crippen molar-refractivity contribution >= 4 is 11.6 Å². The molecule has 0 radical (unpaired) electrons. The molecule has 5 rings (SSSR count). The summed E-state index contributed by atoms with van der Waals surface area (Å²) >= 11 is 0. The molecule has 2 N–H and O–H groups in total. The van der Waals surface area contributed by atoms with Gasteiger partial charge in [-0.3, -0.25) is 9.59 Å². The Bertz CT molecular complexity index is 1180. The molecule has 0 saturated heterocycles. The second-order valence-electron chi connectivity index (χ2n) is 6.76. The molecule has 1 unspecified atom stereocenters. The summed E-state index contributed by atoms with van der Waals surface area (Å²) < 4.78 is 11.6. The minimum Gasteiger partial charge on any atom is -0.507 e. The van der Waals surface area contributed by atoms with Crippen molar-refractivity contribution in [2.45, 2.75) is 13.2 Å². The van der Waals surface area contributed by atoms with Gasteiger partial charge in [0, 0.05) is 17.2 Å². The molecule has 3 aromatic carbocycles. The van der Waals surface area contributed by atoms with Crippen molar-refractivity contribution in [2.24, 2.45) is 0 Å². The predicted molar refractivity (Wildman–Crippen MR) is 98.3 cm³/mol. The molecule has 2 aliphatic rings. The van der Waals surface area contributed by atoms with Crippen molar-refractivity contribution < 1.29 is 29.3 Å². The van der Waals surface area contributed by atoms with Crippen LogP contribution in [0.2, 0.25) is 0 Å². The number of fused-ring (bicyclic) bond motifs is 4. The molecule has 1 aliphatic carbocycles. The molecule has 0 fully saturated rings. The Kier molecular flexibility index (Phi) is 3.27. The zero-order chi connectivity index (χ0) is 19.6. The lowest BCUT2D eigenvalue weighted by Crippen LogP contribution is -2.22. The molecular formula is C22H14O6. The maximum Gasteiger partial charge on any atom is 0.268 e. The first-order valence-electron chi connectivity index (χ1n) is 8.67. The number of carbonyl (C=O) groups is 2. The topological polar surface area (TPSA) is 93.1 Å². The van der Waals surface area contributed by atoms with Gasteiger partial charge in [-0.1, -0.05) is 36.4 Å². The SMILES string of the molecule is Cc1ccc2c(c1O)C(=O)c1c3c(cc(O)c1C2=O)OC(c1ccccc1)O3. The van der Waals surface area contributed by atoms with Crippen LogP contribution in [0.1, 0.15) is 49.3 Å². The van der Waals surface area contributed by atoms with Gasteiger partial charge in [0.05, 0.1) is 16.7 Å². The zero-order valence-electron chi connectivity index (χ0n) is 14.7. The maximum absolute atomic E-state index is 13.2. The van der Waals surface area contributed by atoms with Crippen molar-refractivity contribution in [3.05, 3.63) is 81.9 Å². The third-order valence-electron chi connectivity index (χ3n) is 5.06. The number of ketones is 2. The Morgan fingerprint density at radius 1 is 0.857 bits per heavy atom. The molecule has 0 amide bonds. The van der Waals surface area contributed by atoms with Gasteiger partial charge in [0.1, 0.15) is 11.5 Å². The van der Waals surface area contributed by atoms with Crippen LogP contribution in [0, 0.1) is 6.92 Å². The van der Waals surface area contributed by atoms with E-state index >= 15 is 0 Å². The molecule has 28 heavy (non-hydrogen) atoms. The van der Waals surface area contributed by atoms with Gasteiger partial charge >= 0.3 is 0 Å². The Labute approximate surface area is 159 Å². The van der Waals surface area contributed by atoms with Gasteiger partial charge in [-0.15, -0.1) is 0 Å². The van der Waals surface area contributed by atoms with E-state index in [2.05, 4.69) is 0 Å². The first-order chi connectivity index (χ1) is 13.5. The Balaban J connectivity index is 1.71. The number of aryl methyl sites for hydroxylation is 1. The normalized spacial score (nSPS) is 16.7. The fraction of sp³-hybridized carbons (Fsp3) is 0.0909. The summed E-state index contributed by atoms with van der Waals surface area (Å²) in [7, 11) is 0. The van der Waals surface area contributed by atoms with Gasteiger partial charge in [-0.25, -0.2) is 0 Å². The molecule has 0 spiro atoms. The standard InChI is InChI=1S/C22H14O6/c1-10-7-8-12-15(18(10)24)20(26)17-16(19(12)25)13(23)9-14-21(17)28-22(27-14)11-5-3-2-4-6-11/h2-9,22-24H,1H3. The minimum absolute atomic E-state index is 0.0503. The van der Waals surface area contributed by atoms with Crippen LogP contribution in [0.4, 0.5) is 0 Å². The van der Waals surface area contributed by atoms with E-state index in [0.717, 1.165) is 5.56 Å². The Morgan fingerprint density at radius 2 is 1.61 bits per heavy atom. The fourth-order valence-corrected chi connectivity index (χ4v) is 3.64. The minimum atomic E-state index is -0.808.